The van der Waals surface area contributed by atoms with Gasteiger partial charge < -0.3 is 8.83 Å². The third kappa shape index (κ3) is 7.30. The van der Waals surface area contributed by atoms with Gasteiger partial charge in [0.25, 0.3) is 0 Å². The number of thiophene rings is 12. The van der Waals surface area contributed by atoms with E-state index in [9.17, 15) is 0 Å². The number of hydrogen-bond donors (Lipinski definition) is 0. The Morgan fingerprint density at radius 3 is 0.847 bits per heavy atom. The smallest absolute Gasteiger partial charge is 0.159 e. The van der Waals surface area contributed by atoms with Crippen LogP contribution in [-0.4, -0.2) is 9.97 Å². The Labute approximate surface area is 528 Å². The van der Waals surface area contributed by atoms with Crippen LogP contribution in [0, 0.1) is 27.7 Å². The summed E-state index contributed by atoms with van der Waals surface area (Å²) in [6.07, 6.45) is 0. The van der Waals surface area contributed by atoms with Crippen molar-refractivity contribution in [1.82, 2.24) is 9.97 Å². The average molecular weight is 1710 g/mol. The van der Waals surface area contributed by atoms with Crippen LogP contribution in [0.15, 0.2) is 56.7 Å². The largest absolute Gasteiger partial charge is 0.459 e. The van der Waals surface area contributed by atoms with Crippen LogP contribution in [0.1, 0.15) is 21.5 Å². The first-order chi connectivity index (χ1) is 34.6. The van der Waals surface area contributed by atoms with Crippen LogP contribution < -0.4 is 0 Å². The van der Waals surface area contributed by atoms with E-state index in [0.29, 0.717) is 0 Å². The molecular formula is C46H14Br8N2O2S14. The minimum Gasteiger partial charge on any atom is -0.459 e. The van der Waals surface area contributed by atoms with Crippen molar-refractivity contribution in [2.45, 2.75) is 27.7 Å². The summed E-state index contributed by atoms with van der Waals surface area (Å²) in [5.41, 5.74) is 1.88. The maximum atomic E-state index is 5.93. The predicted octanol–water partition coefficient (Wildman–Crippen LogP) is 27.7. The van der Waals surface area contributed by atoms with Gasteiger partial charge in [-0.3, -0.25) is 0 Å². The maximum absolute atomic E-state index is 5.93. The summed E-state index contributed by atoms with van der Waals surface area (Å²) >= 11 is 57.0. The third-order valence-corrected chi connectivity index (χ3v) is 39.8. The molecule has 0 atom stereocenters. The maximum Gasteiger partial charge on any atom is 0.159 e. The fraction of sp³-hybridized carbons (Fsp3) is 0.0870. The van der Waals surface area contributed by atoms with Crippen LogP contribution >= 0.6 is 286 Å². The highest BCUT2D eigenvalue weighted by molar-refractivity contribution is 9.12. The molecule has 16 aromatic rings. The van der Waals surface area contributed by atoms with E-state index in [1.54, 1.807) is 68.0 Å². The summed E-state index contributed by atoms with van der Waals surface area (Å²) in [5, 5.41) is 2.22. The van der Waals surface area contributed by atoms with E-state index in [4.69, 9.17) is 18.8 Å². The molecule has 0 saturated carbocycles. The second-order valence-corrected chi connectivity index (χ2v) is 37.2. The summed E-state index contributed by atoms with van der Waals surface area (Å²) in [6, 6.07) is 4.23. The molecule has 4 nitrogen and oxygen atoms in total. The van der Waals surface area contributed by atoms with Gasteiger partial charge in [0.05, 0.1) is 160 Å². The van der Waals surface area contributed by atoms with E-state index in [1.807, 2.05) is 105 Å². The second kappa shape index (κ2) is 18.1. The van der Waals surface area contributed by atoms with Crippen molar-refractivity contribution in [1.29, 1.82) is 0 Å². The van der Waals surface area contributed by atoms with Crippen LogP contribution in [0.3, 0.4) is 0 Å². The first-order valence-electron chi connectivity index (χ1n) is 20.6. The van der Waals surface area contributed by atoms with E-state index in [-0.39, 0.29) is 0 Å². The lowest BCUT2D eigenvalue weighted by Crippen LogP contribution is -1.68. The lowest BCUT2D eigenvalue weighted by Gasteiger charge is -1.96. The van der Waals surface area contributed by atoms with Gasteiger partial charge in [0.2, 0.25) is 0 Å². The Balaban J connectivity index is 0.000000128. The molecule has 0 aromatic carbocycles. The van der Waals surface area contributed by atoms with Gasteiger partial charge in [0.15, 0.2) is 11.2 Å². The van der Waals surface area contributed by atoms with E-state index in [1.165, 1.54) is 141 Å². The minimum absolute atomic E-state index is 0.941. The van der Waals surface area contributed by atoms with Gasteiger partial charge in [-0.25, -0.2) is 9.97 Å². The molecule has 72 heavy (non-hydrogen) atoms. The topological polar surface area (TPSA) is 52.1 Å². The van der Waals surface area contributed by atoms with E-state index in [0.717, 1.165) is 51.3 Å². The van der Waals surface area contributed by atoms with Crippen LogP contribution in [0.2, 0.25) is 0 Å². The molecule has 0 spiro atoms. The molecule has 0 bridgehead atoms. The molecule has 0 aliphatic heterocycles. The second-order valence-electron chi connectivity index (χ2n) is 16.2. The summed E-state index contributed by atoms with van der Waals surface area (Å²) in [7, 11) is 0. The van der Waals surface area contributed by atoms with Crippen molar-refractivity contribution in [3.05, 3.63) is 69.5 Å². The number of furan rings is 2. The normalized spacial score (nSPS) is 12.7. The Kier molecular flexibility index (Phi) is 12.5. The molecule has 0 fully saturated rings. The number of fused-ring (bicyclic) bond motifs is 14. The average Bonchev–Trinajstić information content (AvgIpc) is 4.14. The Morgan fingerprint density at radius 1 is 0.292 bits per heavy atom. The van der Waals surface area contributed by atoms with Gasteiger partial charge in [-0.1, -0.05) is 0 Å². The summed E-state index contributed by atoms with van der Waals surface area (Å²) in [4.78, 5) is 21.8. The molecule has 0 N–H and O–H groups in total. The van der Waals surface area contributed by atoms with E-state index < -0.39 is 0 Å². The fourth-order valence-electron chi connectivity index (χ4n) is 8.58. The summed E-state index contributed by atoms with van der Waals surface area (Å²) in [6.45, 7) is 8.13. The minimum atomic E-state index is 0.941. The molecule has 16 aromatic heterocycles. The SMILES string of the molecule is Cc1cc2sc(-c3sc4c(sc5c6sc(-c7sc8cc(C)oc8c7Br)c(Br)c6sc45)c3Br)c(Br)c2o1.Cc1nc2sc(-c3sc4c(sc5c6sc(-c7sc8nc(C)sc8c7Br)c(Br)c6sc45)c3Br)c(Br)c2s1. The number of thiazole rings is 2. The van der Waals surface area contributed by atoms with Gasteiger partial charge in [0, 0.05) is 0 Å². The van der Waals surface area contributed by atoms with E-state index in [2.05, 4.69) is 153 Å². The number of halogens is 8. The number of nitrogens with zero attached hydrogens (tertiary/aromatic N) is 2. The molecule has 0 aliphatic rings. The highest BCUT2D eigenvalue weighted by Gasteiger charge is 2.30. The quantitative estimate of drug-likeness (QED) is 0.176. The molecule has 0 saturated heterocycles. The van der Waals surface area contributed by atoms with Crippen LogP contribution in [0.5, 0.6) is 0 Å². The van der Waals surface area contributed by atoms with Crippen molar-refractivity contribution in [3.63, 3.8) is 0 Å². The van der Waals surface area contributed by atoms with Crippen molar-refractivity contribution >= 4 is 382 Å². The Morgan fingerprint density at radius 2 is 0.556 bits per heavy atom. The Bertz CT molecular complexity index is 4380. The highest BCUT2D eigenvalue weighted by atomic mass is 79.9. The molecule has 16 heterocycles. The predicted molar refractivity (Wildman–Crippen MR) is 361 cm³/mol. The fourth-order valence-corrected chi connectivity index (χ4v) is 35.8. The highest BCUT2D eigenvalue weighted by Crippen LogP contribution is 2.63. The van der Waals surface area contributed by atoms with Crippen molar-refractivity contribution in [3.8, 4) is 39.0 Å². The first kappa shape index (κ1) is 49.7. The first-order valence-corrected chi connectivity index (χ1v) is 38.4. The molecule has 0 unspecified atom stereocenters. The van der Waals surface area contributed by atoms with Gasteiger partial charge in [-0.2, -0.15) is 0 Å². The number of rotatable bonds is 4. The van der Waals surface area contributed by atoms with E-state index >= 15 is 0 Å². The van der Waals surface area contributed by atoms with Crippen molar-refractivity contribution in [2.24, 2.45) is 0 Å². The Hall–Kier alpha value is 0.660. The van der Waals surface area contributed by atoms with Crippen molar-refractivity contribution in [2.75, 3.05) is 0 Å². The number of aromatic nitrogens is 2. The number of aryl methyl sites for hydroxylation is 4. The molecule has 0 amide bonds. The monoisotopic (exact) mass is 1710 g/mol. The molecule has 360 valence electrons. The van der Waals surface area contributed by atoms with Gasteiger partial charge in [-0.15, -0.1) is 159 Å². The zero-order valence-electron chi connectivity index (χ0n) is 35.6. The molecule has 16 rings (SSSR count). The van der Waals surface area contributed by atoms with Crippen LogP contribution in [0.4, 0.5) is 0 Å². The van der Waals surface area contributed by atoms with Gasteiger partial charge >= 0.3 is 0 Å². The lowest BCUT2D eigenvalue weighted by molar-refractivity contribution is 0.577. The molecular weight excluding hydrogens is 1700 g/mol. The molecule has 0 aliphatic carbocycles. The molecule has 0 radical (unpaired) electrons. The zero-order chi connectivity index (χ0) is 49.2. The standard InChI is InChI=1S/C24H8Br4O2S6.C22H6Br4N2S8/c1-5-3-7-13(29-5)9(25)15(31-7)17-11(27)19-21(33-17)23-24(35-19)22-20(36-23)12(28)18(34-22)16-10(26)14-8(32-16)4-6(2)30-14;1-3-27-21-15(29-3)7(25)11(35-21)9-5(23)13-17(31-9)19-20(33-13)18-14(34-19)6(24)10(32-18)12-8(26)16-22(36-12)28-4(2)30-16/h3-4H,1-2H3;1-2H3. The zero-order valence-corrected chi connectivity index (χ0v) is 59.7. The summed E-state index contributed by atoms with van der Waals surface area (Å²) in [5.74, 6) is 1.89. The van der Waals surface area contributed by atoms with Gasteiger partial charge in [0.1, 0.15) is 21.2 Å². The lowest BCUT2D eigenvalue weighted by atomic mass is 10.3. The summed E-state index contributed by atoms with van der Waals surface area (Å²) < 4.78 is 42.3. The van der Waals surface area contributed by atoms with Crippen LogP contribution in [0.25, 0.3) is 135 Å². The van der Waals surface area contributed by atoms with Gasteiger partial charge in [-0.05, 0) is 167 Å². The van der Waals surface area contributed by atoms with Crippen molar-refractivity contribution < 1.29 is 8.83 Å². The third-order valence-electron chi connectivity index (χ3n) is 11.6. The number of hydrogen-bond acceptors (Lipinski definition) is 18. The van der Waals surface area contributed by atoms with Crippen LogP contribution in [-0.2, 0) is 0 Å². The molecule has 26 heteroatoms.